The lowest BCUT2D eigenvalue weighted by molar-refractivity contribution is 0.306. The van der Waals surface area contributed by atoms with Crippen molar-refractivity contribution in [3.05, 3.63) is 78.9 Å². The van der Waals surface area contributed by atoms with Crippen LogP contribution in [0.2, 0.25) is 0 Å². The fourth-order valence-corrected chi connectivity index (χ4v) is 2.59. The highest BCUT2D eigenvalue weighted by Gasteiger charge is 2.07. The van der Waals surface area contributed by atoms with Gasteiger partial charge in [-0.3, -0.25) is 0 Å². The van der Waals surface area contributed by atoms with Crippen molar-refractivity contribution in [1.29, 1.82) is 0 Å². The maximum Gasteiger partial charge on any atom is 0.127 e. The number of nitrogens with one attached hydrogen (secondary N) is 1. The third kappa shape index (κ3) is 2.37. The standard InChI is InChI=1S/C19H15NO2/c1-2-4-19(22-13-14-8-10-21-12-14)17(3-1)15-5-6-18-16(11-15)7-9-20-18/h1-12,20H,13H2. The van der Waals surface area contributed by atoms with Gasteiger partial charge in [-0.05, 0) is 41.3 Å². The number of fused-ring (bicyclic) bond motifs is 1. The molecule has 22 heavy (non-hydrogen) atoms. The lowest BCUT2D eigenvalue weighted by atomic mass is 10.0. The zero-order chi connectivity index (χ0) is 14.8. The maximum atomic E-state index is 5.96. The molecule has 2 aromatic carbocycles. The first kappa shape index (κ1) is 12.8. The van der Waals surface area contributed by atoms with E-state index in [4.69, 9.17) is 9.15 Å². The van der Waals surface area contributed by atoms with Gasteiger partial charge in [-0.2, -0.15) is 0 Å². The molecule has 2 heterocycles. The van der Waals surface area contributed by atoms with Crippen LogP contribution in [0.5, 0.6) is 5.75 Å². The Labute approximate surface area is 128 Å². The number of hydrogen-bond donors (Lipinski definition) is 1. The predicted octanol–water partition coefficient (Wildman–Crippen LogP) is 5.01. The summed E-state index contributed by atoms with van der Waals surface area (Å²) in [5, 5.41) is 1.20. The zero-order valence-electron chi connectivity index (χ0n) is 12.0. The van der Waals surface area contributed by atoms with E-state index >= 15 is 0 Å². The van der Waals surface area contributed by atoms with Crippen molar-refractivity contribution in [2.75, 3.05) is 0 Å². The minimum Gasteiger partial charge on any atom is -0.488 e. The van der Waals surface area contributed by atoms with E-state index < -0.39 is 0 Å². The molecule has 3 heteroatoms. The monoisotopic (exact) mass is 289 g/mol. The third-order valence-corrected chi connectivity index (χ3v) is 3.73. The van der Waals surface area contributed by atoms with Gasteiger partial charge in [0.1, 0.15) is 12.4 Å². The Morgan fingerprint density at radius 1 is 1.00 bits per heavy atom. The van der Waals surface area contributed by atoms with Crippen molar-refractivity contribution in [3.63, 3.8) is 0 Å². The zero-order valence-corrected chi connectivity index (χ0v) is 12.0. The molecule has 0 radical (unpaired) electrons. The Bertz CT molecular complexity index is 891. The van der Waals surface area contributed by atoms with Gasteiger partial charge in [0.2, 0.25) is 0 Å². The molecule has 3 nitrogen and oxygen atoms in total. The molecule has 0 saturated carbocycles. The SMILES string of the molecule is c1ccc(-c2ccc3[nH]ccc3c2)c(OCc2ccoc2)c1. The Balaban J connectivity index is 1.68. The van der Waals surface area contributed by atoms with Gasteiger partial charge in [0.15, 0.2) is 0 Å². The van der Waals surface area contributed by atoms with Gasteiger partial charge in [0, 0.05) is 22.8 Å². The first-order chi connectivity index (χ1) is 10.9. The van der Waals surface area contributed by atoms with Crippen LogP contribution >= 0.6 is 0 Å². The average molecular weight is 289 g/mol. The summed E-state index contributed by atoms with van der Waals surface area (Å²) >= 11 is 0. The van der Waals surface area contributed by atoms with Gasteiger partial charge >= 0.3 is 0 Å². The first-order valence-corrected chi connectivity index (χ1v) is 7.20. The molecule has 0 aliphatic carbocycles. The molecule has 0 atom stereocenters. The van der Waals surface area contributed by atoms with E-state index in [0.717, 1.165) is 28.0 Å². The number of hydrogen-bond acceptors (Lipinski definition) is 2. The third-order valence-electron chi connectivity index (χ3n) is 3.73. The largest absolute Gasteiger partial charge is 0.488 e. The van der Waals surface area contributed by atoms with Gasteiger partial charge < -0.3 is 14.1 Å². The smallest absolute Gasteiger partial charge is 0.127 e. The van der Waals surface area contributed by atoms with Crippen molar-refractivity contribution in [2.24, 2.45) is 0 Å². The molecule has 0 spiro atoms. The second-order valence-corrected chi connectivity index (χ2v) is 5.20. The van der Waals surface area contributed by atoms with Crippen LogP contribution in [0.15, 0.2) is 77.7 Å². The van der Waals surface area contributed by atoms with Crippen LogP contribution in [-0.4, -0.2) is 4.98 Å². The first-order valence-electron chi connectivity index (χ1n) is 7.20. The highest BCUT2D eigenvalue weighted by Crippen LogP contribution is 2.32. The van der Waals surface area contributed by atoms with Crippen LogP contribution in [-0.2, 0) is 6.61 Å². The summed E-state index contributed by atoms with van der Waals surface area (Å²) in [6, 6.07) is 18.5. The van der Waals surface area contributed by atoms with Crippen molar-refractivity contribution in [3.8, 4) is 16.9 Å². The Hall–Kier alpha value is -2.94. The molecule has 0 unspecified atom stereocenters. The fourth-order valence-electron chi connectivity index (χ4n) is 2.59. The predicted molar refractivity (Wildman–Crippen MR) is 86.8 cm³/mol. The lowest BCUT2D eigenvalue weighted by Gasteiger charge is -2.11. The number of benzene rings is 2. The average Bonchev–Trinajstić information content (AvgIpc) is 3.24. The summed E-state index contributed by atoms with van der Waals surface area (Å²) in [7, 11) is 0. The fraction of sp³-hybridized carbons (Fsp3) is 0.0526. The second-order valence-electron chi connectivity index (χ2n) is 5.20. The van der Waals surface area contributed by atoms with Crippen molar-refractivity contribution in [2.45, 2.75) is 6.61 Å². The van der Waals surface area contributed by atoms with E-state index in [2.05, 4.69) is 35.3 Å². The van der Waals surface area contributed by atoms with E-state index in [1.807, 2.05) is 30.5 Å². The molecule has 4 rings (SSSR count). The molecular weight excluding hydrogens is 274 g/mol. The summed E-state index contributed by atoms with van der Waals surface area (Å²) in [5.74, 6) is 0.874. The van der Waals surface area contributed by atoms with Crippen LogP contribution in [0.4, 0.5) is 0 Å². The highest BCUT2D eigenvalue weighted by atomic mass is 16.5. The quantitative estimate of drug-likeness (QED) is 0.573. The number of para-hydroxylation sites is 1. The van der Waals surface area contributed by atoms with Gasteiger partial charge in [-0.15, -0.1) is 0 Å². The summed E-state index contributed by atoms with van der Waals surface area (Å²) < 4.78 is 11.0. The summed E-state index contributed by atoms with van der Waals surface area (Å²) in [5.41, 5.74) is 4.40. The van der Waals surface area contributed by atoms with Gasteiger partial charge in [0.05, 0.1) is 12.5 Å². The molecule has 0 amide bonds. The van der Waals surface area contributed by atoms with E-state index in [9.17, 15) is 0 Å². The van der Waals surface area contributed by atoms with E-state index in [1.54, 1.807) is 12.5 Å². The number of ether oxygens (including phenoxy) is 1. The molecule has 4 aromatic rings. The van der Waals surface area contributed by atoms with Crippen molar-refractivity contribution < 1.29 is 9.15 Å². The number of H-pyrrole nitrogens is 1. The van der Waals surface area contributed by atoms with Crippen molar-refractivity contribution >= 4 is 10.9 Å². The number of rotatable bonds is 4. The minimum atomic E-state index is 0.500. The molecule has 0 bridgehead atoms. The van der Waals surface area contributed by atoms with Crippen LogP contribution < -0.4 is 4.74 Å². The highest BCUT2D eigenvalue weighted by molar-refractivity contribution is 5.86. The summed E-state index contributed by atoms with van der Waals surface area (Å²) in [6.07, 6.45) is 5.31. The Kier molecular flexibility index (Phi) is 3.16. The molecule has 0 saturated heterocycles. The number of aromatic amines is 1. The molecule has 108 valence electrons. The maximum absolute atomic E-state index is 5.96. The van der Waals surface area contributed by atoms with Crippen LogP contribution in [0.3, 0.4) is 0 Å². The summed E-state index contributed by atoms with van der Waals surface area (Å²) in [4.78, 5) is 3.21. The Morgan fingerprint density at radius 3 is 2.86 bits per heavy atom. The van der Waals surface area contributed by atoms with Crippen molar-refractivity contribution in [1.82, 2.24) is 4.98 Å². The molecule has 0 aliphatic rings. The minimum absolute atomic E-state index is 0.500. The molecular formula is C19H15NO2. The number of aromatic nitrogens is 1. The topological polar surface area (TPSA) is 38.2 Å². The van der Waals surface area contributed by atoms with E-state index in [1.165, 1.54) is 5.39 Å². The Morgan fingerprint density at radius 2 is 1.95 bits per heavy atom. The van der Waals surface area contributed by atoms with E-state index in [-0.39, 0.29) is 0 Å². The lowest BCUT2D eigenvalue weighted by Crippen LogP contribution is -1.95. The van der Waals surface area contributed by atoms with Gasteiger partial charge in [0.25, 0.3) is 0 Å². The second kappa shape index (κ2) is 5.45. The van der Waals surface area contributed by atoms with Crippen LogP contribution in [0.1, 0.15) is 5.56 Å². The molecule has 1 N–H and O–H groups in total. The van der Waals surface area contributed by atoms with Crippen LogP contribution in [0, 0.1) is 0 Å². The summed E-state index contributed by atoms with van der Waals surface area (Å²) in [6.45, 7) is 0.500. The molecule has 0 fully saturated rings. The van der Waals surface area contributed by atoms with Gasteiger partial charge in [-0.1, -0.05) is 24.3 Å². The van der Waals surface area contributed by atoms with Crippen LogP contribution in [0.25, 0.3) is 22.0 Å². The number of furan rings is 1. The van der Waals surface area contributed by atoms with Gasteiger partial charge in [-0.25, -0.2) is 0 Å². The van der Waals surface area contributed by atoms with E-state index in [0.29, 0.717) is 6.61 Å². The molecule has 0 aliphatic heterocycles. The normalized spacial score (nSPS) is 10.9. The molecule has 2 aromatic heterocycles.